The molecule has 0 aliphatic carbocycles. The zero-order chi connectivity index (χ0) is 27.4. The summed E-state index contributed by atoms with van der Waals surface area (Å²) in [5.74, 6) is 1.19. The summed E-state index contributed by atoms with van der Waals surface area (Å²) in [6.07, 6.45) is 2.42. The Kier molecular flexibility index (Phi) is 7.21. The summed E-state index contributed by atoms with van der Waals surface area (Å²) in [6.45, 7) is 6.22. The van der Waals surface area contributed by atoms with Crippen LogP contribution in [0.2, 0.25) is 0 Å². The van der Waals surface area contributed by atoms with Gasteiger partial charge in [0.1, 0.15) is 12.1 Å². The van der Waals surface area contributed by atoms with Crippen molar-refractivity contribution in [1.29, 1.82) is 0 Å². The molecule has 0 saturated carbocycles. The number of para-hydroxylation sites is 1. The molecular formula is C28H27N7O4. The molecule has 11 nitrogen and oxygen atoms in total. The molecule has 3 heterocycles. The van der Waals surface area contributed by atoms with Crippen LogP contribution in [-0.4, -0.2) is 44.7 Å². The van der Waals surface area contributed by atoms with Gasteiger partial charge in [-0.3, -0.25) is 4.79 Å². The zero-order valence-electron chi connectivity index (χ0n) is 21.3. The van der Waals surface area contributed by atoms with Crippen LogP contribution in [0.15, 0.2) is 77.7 Å². The average molecular weight is 526 g/mol. The van der Waals surface area contributed by atoms with Crippen LogP contribution in [-0.2, 0) is 22.6 Å². The molecule has 2 amide bonds. The maximum atomic E-state index is 12.0. The van der Waals surface area contributed by atoms with Gasteiger partial charge in [-0.15, -0.1) is 0 Å². The molecule has 0 atom stereocenters. The standard InChI is InChI=1S/C28H27N7O4/c1-17(2)27(36)31-11-12-38-28(37)32-13-18-7-9-19(10-8-18)15-35-24-20-5-3-4-6-21(20)33-25(29)23(24)34-26(35)22-14-30-16-39-22/h3-10,14,16H,1,11-13,15H2,2H3,(H2,29,33)(H,31,36)(H,32,37). The Bertz CT molecular complexity index is 1660. The maximum absolute atomic E-state index is 12.0. The molecule has 0 aliphatic rings. The zero-order valence-corrected chi connectivity index (χ0v) is 21.3. The molecule has 5 rings (SSSR count). The Balaban J connectivity index is 1.31. The number of hydrogen-bond donors (Lipinski definition) is 3. The van der Waals surface area contributed by atoms with Crippen LogP contribution in [0, 0.1) is 0 Å². The number of imidazole rings is 1. The second-order valence-electron chi connectivity index (χ2n) is 8.94. The third kappa shape index (κ3) is 5.57. The summed E-state index contributed by atoms with van der Waals surface area (Å²) >= 11 is 0. The number of carbonyl (C=O) groups excluding carboxylic acids is 2. The number of pyridine rings is 1. The molecule has 39 heavy (non-hydrogen) atoms. The number of aromatic nitrogens is 4. The van der Waals surface area contributed by atoms with E-state index in [4.69, 9.17) is 19.9 Å². The highest BCUT2D eigenvalue weighted by molar-refractivity contribution is 6.07. The minimum Gasteiger partial charge on any atom is -0.448 e. The van der Waals surface area contributed by atoms with Gasteiger partial charge < -0.3 is 30.1 Å². The van der Waals surface area contributed by atoms with Gasteiger partial charge in [-0.25, -0.2) is 19.7 Å². The summed E-state index contributed by atoms with van der Waals surface area (Å²) < 4.78 is 12.7. The number of nitrogens with zero attached hydrogens (tertiary/aromatic N) is 4. The van der Waals surface area contributed by atoms with E-state index in [2.05, 4.69) is 27.2 Å². The van der Waals surface area contributed by atoms with E-state index in [-0.39, 0.29) is 19.1 Å². The molecule has 0 spiro atoms. The lowest BCUT2D eigenvalue weighted by Gasteiger charge is -2.11. The van der Waals surface area contributed by atoms with Gasteiger partial charge in [0.05, 0.1) is 23.8 Å². The first kappa shape index (κ1) is 25.5. The van der Waals surface area contributed by atoms with Crippen molar-refractivity contribution in [3.8, 4) is 11.6 Å². The van der Waals surface area contributed by atoms with Crippen molar-refractivity contribution >= 4 is 39.8 Å². The van der Waals surface area contributed by atoms with E-state index in [0.717, 1.165) is 27.5 Å². The smallest absolute Gasteiger partial charge is 0.407 e. The van der Waals surface area contributed by atoms with Crippen LogP contribution in [0.25, 0.3) is 33.5 Å². The predicted octanol–water partition coefficient (Wildman–Crippen LogP) is 3.79. The van der Waals surface area contributed by atoms with Crippen molar-refractivity contribution < 1.29 is 18.7 Å². The van der Waals surface area contributed by atoms with Crippen LogP contribution in [0.3, 0.4) is 0 Å². The highest BCUT2D eigenvalue weighted by atomic mass is 16.5. The number of nitrogens with two attached hydrogens (primary N) is 1. The minimum absolute atomic E-state index is 0.0604. The monoisotopic (exact) mass is 525 g/mol. The van der Waals surface area contributed by atoms with Crippen LogP contribution < -0.4 is 16.4 Å². The topological polar surface area (TPSA) is 150 Å². The number of rotatable bonds is 9. The van der Waals surface area contributed by atoms with Gasteiger partial charge in [0.15, 0.2) is 23.8 Å². The number of fused-ring (bicyclic) bond motifs is 3. The number of nitrogens with one attached hydrogen (secondary N) is 2. The van der Waals surface area contributed by atoms with Crippen LogP contribution in [0.5, 0.6) is 0 Å². The van der Waals surface area contributed by atoms with Gasteiger partial charge in [0.2, 0.25) is 5.91 Å². The van der Waals surface area contributed by atoms with Crippen molar-refractivity contribution in [1.82, 2.24) is 30.2 Å². The molecule has 0 aliphatic heterocycles. The van der Waals surface area contributed by atoms with Gasteiger partial charge in [-0.1, -0.05) is 49.0 Å². The van der Waals surface area contributed by atoms with Gasteiger partial charge in [-0.2, -0.15) is 0 Å². The summed E-state index contributed by atoms with van der Waals surface area (Å²) in [7, 11) is 0. The Morgan fingerprint density at radius 2 is 1.85 bits per heavy atom. The lowest BCUT2D eigenvalue weighted by molar-refractivity contribution is -0.117. The number of ether oxygens (including phenoxy) is 1. The van der Waals surface area contributed by atoms with E-state index in [1.165, 1.54) is 6.39 Å². The van der Waals surface area contributed by atoms with Gasteiger partial charge in [-0.05, 0) is 24.1 Å². The molecule has 2 aromatic carbocycles. The maximum Gasteiger partial charge on any atom is 0.407 e. The summed E-state index contributed by atoms with van der Waals surface area (Å²) in [6, 6.07) is 15.6. The molecule has 0 unspecified atom stereocenters. The van der Waals surface area contributed by atoms with Crippen molar-refractivity contribution in [3.63, 3.8) is 0 Å². The molecule has 4 N–H and O–H groups in total. The number of anilines is 1. The number of nitrogen functional groups attached to an aromatic ring is 1. The SMILES string of the molecule is C=C(C)C(=O)NCCOC(=O)NCc1ccc(Cn2c(-c3cnco3)nc3c(N)nc4ccccc4c32)cc1. The normalized spacial score (nSPS) is 11.0. The number of hydrogen-bond acceptors (Lipinski definition) is 8. The van der Waals surface area contributed by atoms with Crippen LogP contribution >= 0.6 is 0 Å². The highest BCUT2D eigenvalue weighted by Gasteiger charge is 2.20. The molecule has 0 fully saturated rings. The van der Waals surface area contributed by atoms with Gasteiger partial charge in [0.25, 0.3) is 0 Å². The Labute approximate surface area is 223 Å². The Hall–Kier alpha value is -5.19. The lowest BCUT2D eigenvalue weighted by atomic mass is 10.1. The number of alkyl carbamates (subject to hydrolysis) is 1. The molecule has 198 valence electrons. The van der Waals surface area contributed by atoms with E-state index in [1.54, 1.807) is 13.1 Å². The Morgan fingerprint density at radius 3 is 2.59 bits per heavy atom. The fourth-order valence-corrected chi connectivity index (χ4v) is 4.16. The fourth-order valence-electron chi connectivity index (χ4n) is 4.16. The van der Waals surface area contributed by atoms with Crippen molar-refractivity contribution in [2.75, 3.05) is 18.9 Å². The van der Waals surface area contributed by atoms with E-state index in [0.29, 0.717) is 41.6 Å². The number of oxazole rings is 1. The predicted molar refractivity (Wildman–Crippen MR) is 146 cm³/mol. The molecular weight excluding hydrogens is 498 g/mol. The first-order valence-corrected chi connectivity index (χ1v) is 12.3. The molecule has 0 saturated heterocycles. The van der Waals surface area contributed by atoms with Crippen molar-refractivity contribution in [2.24, 2.45) is 0 Å². The largest absolute Gasteiger partial charge is 0.448 e. The van der Waals surface area contributed by atoms with E-state index in [9.17, 15) is 9.59 Å². The molecule has 11 heteroatoms. The molecule has 5 aromatic rings. The van der Waals surface area contributed by atoms with E-state index in [1.807, 2.05) is 53.1 Å². The lowest BCUT2D eigenvalue weighted by Crippen LogP contribution is -2.31. The quantitative estimate of drug-likeness (QED) is 0.194. The number of amides is 2. The Morgan fingerprint density at radius 1 is 1.08 bits per heavy atom. The van der Waals surface area contributed by atoms with Crippen LogP contribution in [0.1, 0.15) is 18.1 Å². The second-order valence-corrected chi connectivity index (χ2v) is 8.94. The number of carbonyl (C=O) groups is 2. The summed E-state index contributed by atoms with van der Waals surface area (Å²) in [5.41, 5.74) is 10.8. The third-order valence-corrected chi connectivity index (χ3v) is 6.07. The second kappa shape index (κ2) is 11.1. The first-order valence-electron chi connectivity index (χ1n) is 12.3. The molecule has 0 bridgehead atoms. The highest BCUT2D eigenvalue weighted by Crippen LogP contribution is 2.33. The van der Waals surface area contributed by atoms with Gasteiger partial charge in [0, 0.05) is 24.0 Å². The minimum atomic E-state index is -0.566. The fraction of sp³-hybridized carbons (Fsp3) is 0.179. The van der Waals surface area contributed by atoms with E-state index >= 15 is 0 Å². The first-order chi connectivity index (χ1) is 18.9. The molecule has 3 aromatic heterocycles. The van der Waals surface area contributed by atoms with Gasteiger partial charge >= 0.3 is 6.09 Å². The van der Waals surface area contributed by atoms with Crippen molar-refractivity contribution in [3.05, 3.63) is 84.4 Å². The molecule has 0 radical (unpaired) electrons. The third-order valence-electron chi connectivity index (χ3n) is 6.07. The van der Waals surface area contributed by atoms with Crippen molar-refractivity contribution in [2.45, 2.75) is 20.0 Å². The van der Waals surface area contributed by atoms with Crippen LogP contribution in [0.4, 0.5) is 10.6 Å². The number of benzene rings is 2. The summed E-state index contributed by atoms with van der Waals surface area (Å²) in [5, 5.41) is 6.24. The van der Waals surface area contributed by atoms with E-state index < -0.39 is 6.09 Å². The summed E-state index contributed by atoms with van der Waals surface area (Å²) in [4.78, 5) is 36.8. The average Bonchev–Trinajstić information content (AvgIpc) is 3.59.